The topological polar surface area (TPSA) is 212 Å². The standard InChI is InChI=1S/C41H46N6O10S/c48-36-30-21-26(55-37-34-33(28-14-8-9-16-31(28)57-34)43-35(44-37)32-17-10-20-54-32)23-47(30)38(49)29(42-40(51)56-25-12-6-7-13-25)15-5-3-1-2-4-11-24-22-41(24,45-36)39(50)46-58(52,53)27-18-19-27/h4,8-11,14,16-17,20,24-27,29-30H,1-3,5-7,12-13,15,18-19,21-23H2,(H,42,51)(H,45,48)(H,46,50)/t24-,26-,29+,30+,41-/m1/s1. The summed E-state index contributed by atoms with van der Waals surface area (Å²) < 4.78 is 52.1. The number of carbonyl (C=O) groups is 4. The lowest BCUT2D eigenvalue weighted by Gasteiger charge is -2.30. The number of benzene rings is 1. The number of ether oxygens (including phenoxy) is 2. The molecule has 1 saturated heterocycles. The molecule has 3 N–H and O–H groups in total. The molecule has 306 valence electrons. The summed E-state index contributed by atoms with van der Waals surface area (Å²) in [5.41, 5.74) is -0.218. The zero-order valence-corrected chi connectivity index (χ0v) is 32.7. The van der Waals surface area contributed by atoms with E-state index in [0.29, 0.717) is 49.0 Å². The molecule has 0 radical (unpaired) electrons. The average Bonchev–Trinajstić information content (AvgIpc) is 3.81. The summed E-state index contributed by atoms with van der Waals surface area (Å²) in [5, 5.41) is 5.79. The van der Waals surface area contributed by atoms with Crippen molar-refractivity contribution in [3.8, 4) is 17.5 Å². The summed E-state index contributed by atoms with van der Waals surface area (Å²) in [7, 11) is -3.91. The van der Waals surface area contributed by atoms with E-state index in [9.17, 15) is 27.6 Å². The number of furan rings is 2. The summed E-state index contributed by atoms with van der Waals surface area (Å²) in [6.07, 6.45) is 11.3. The van der Waals surface area contributed by atoms with Gasteiger partial charge in [-0.2, -0.15) is 4.98 Å². The van der Waals surface area contributed by atoms with Crippen LogP contribution in [0, 0.1) is 5.92 Å². The molecule has 16 nitrogen and oxygen atoms in total. The molecule has 5 atom stereocenters. The number of fused-ring (bicyclic) bond motifs is 5. The van der Waals surface area contributed by atoms with Crippen molar-refractivity contribution in [3.05, 3.63) is 54.8 Å². The van der Waals surface area contributed by atoms with Crippen LogP contribution in [0.25, 0.3) is 33.7 Å². The van der Waals surface area contributed by atoms with E-state index in [1.165, 1.54) is 11.2 Å². The lowest BCUT2D eigenvalue weighted by atomic mass is 10.0. The Bertz CT molecular complexity index is 2370. The van der Waals surface area contributed by atoms with Crippen LogP contribution in [-0.2, 0) is 29.1 Å². The highest BCUT2D eigenvalue weighted by Crippen LogP contribution is 2.46. The molecule has 4 amide bonds. The van der Waals surface area contributed by atoms with Crippen LogP contribution >= 0.6 is 0 Å². The van der Waals surface area contributed by atoms with Gasteiger partial charge in [-0.25, -0.2) is 18.2 Å². The number of nitrogens with zero attached hydrogens (tertiary/aromatic N) is 3. The van der Waals surface area contributed by atoms with Gasteiger partial charge in [-0.05, 0) is 88.5 Å². The van der Waals surface area contributed by atoms with Gasteiger partial charge < -0.3 is 33.8 Å². The van der Waals surface area contributed by atoms with Crippen LogP contribution in [0.2, 0.25) is 0 Å². The highest BCUT2D eigenvalue weighted by Gasteiger charge is 2.62. The van der Waals surface area contributed by atoms with Gasteiger partial charge in [0.15, 0.2) is 11.6 Å². The Balaban J connectivity index is 1.04. The van der Waals surface area contributed by atoms with E-state index in [1.54, 1.807) is 18.2 Å². The predicted molar refractivity (Wildman–Crippen MR) is 208 cm³/mol. The minimum atomic E-state index is -3.91. The third-order valence-electron chi connectivity index (χ3n) is 11.9. The Labute approximate surface area is 334 Å². The summed E-state index contributed by atoms with van der Waals surface area (Å²) in [6, 6.07) is 8.63. The number of alkyl carbamates (subject to hydrolysis) is 1. The fourth-order valence-electron chi connectivity index (χ4n) is 8.50. The van der Waals surface area contributed by atoms with Crippen LogP contribution in [0.3, 0.4) is 0 Å². The minimum absolute atomic E-state index is 0.0167. The molecule has 5 heterocycles. The first-order chi connectivity index (χ1) is 28.1. The number of carbonyl (C=O) groups excluding carboxylic acids is 4. The van der Waals surface area contributed by atoms with Gasteiger partial charge in [-0.1, -0.05) is 37.1 Å². The van der Waals surface area contributed by atoms with Crippen molar-refractivity contribution in [1.29, 1.82) is 0 Å². The molecule has 0 bridgehead atoms. The summed E-state index contributed by atoms with van der Waals surface area (Å²) >= 11 is 0. The Kier molecular flexibility index (Phi) is 10.1. The number of hydrogen-bond donors (Lipinski definition) is 3. The molecule has 3 aliphatic carbocycles. The number of para-hydroxylation sites is 1. The van der Waals surface area contributed by atoms with Gasteiger partial charge in [-0.3, -0.25) is 19.1 Å². The maximum atomic E-state index is 14.7. The molecule has 3 aromatic heterocycles. The van der Waals surface area contributed by atoms with Crippen LogP contribution < -0.4 is 20.1 Å². The molecule has 0 spiro atoms. The van der Waals surface area contributed by atoms with Crippen molar-refractivity contribution in [2.24, 2.45) is 5.92 Å². The Morgan fingerprint density at radius 2 is 1.76 bits per heavy atom. The Morgan fingerprint density at radius 1 is 0.948 bits per heavy atom. The second-order valence-electron chi connectivity index (χ2n) is 16.1. The third kappa shape index (κ3) is 7.63. The lowest BCUT2D eigenvalue weighted by molar-refractivity contribution is -0.141. The number of amides is 4. The number of rotatable bonds is 8. The van der Waals surface area contributed by atoms with Gasteiger partial charge in [-0.15, -0.1) is 0 Å². The van der Waals surface area contributed by atoms with Crippen molar-refractivity contribution in [2.45, 2.75) is 119 Å². The average molecular weight is 815 g/mol. The number of aromatic nitrogens is 2. The molecular formula is C41H46N6O10S. The second kappa shape index (κ2) is 15.4. The summed E-state index contributed by atoms with van der Waals surface area (Å²) in [6.45, 7) is -0.0762. The molecule has 5 aliphatic rings. The number of sulfonamides is 1. The van der Waals surface area contributed by atoms with Gasteiger partial charge in [0, 0.05) is 17.7 Å². The largest absolute Gasteiger partial charge is 0.470 e. The van der Waals surface area contributed by atoms with Crippen molar-refractivity contribution >= 4 is 55.9 Å². The molecule has 4 fully saturated rings. The zero-order valence-electron chi connectivity index (χ0n) is 31.9. The van der Waals surface area contributed by atoms with Crippen molar-refractivity contribution < 1.29 is 45.9 Å². The molecular weight excluding hydrogens is 769 g/mol. The van der Waals surface area contributed by atoms with Crippen molar-refractivity contribution in [1.82, 2.24) is 30.2 Å². The maximum absolute atomic E-state index is 14.7. The second-order valence-corrected chi connectivity index (χ2v) is 18.1. The molecule has 2 aliphatic heterocycles. The zero-order chi connectivity index (χ0) is 40.0. The van der Waals surface area contributed by atoms with E-state index >= 15 is 0 Å². The maximum Gasteiger partial charge on any atom is 0.408 e. The first-order valence-corrected chi connectivity index (χ1v) is 21.8. The van der Waals surface area contributed by atoms with E-state index in [4.69, 9.17) is 23.3 Å². The van der Waals surface area contributed by atoms with E-state index < -0.39 is 68.7 Å². The van der Waals surface area contributed by atoms with Gasteiger partial charge >= 0.3 is 6.09 Å². The van der Waals surface area contributed by atoms with E-state index in [-0.39, 0.29) is 42.8 Å². The van der Waals surface area contributed by atoms with E-state index in [0.717, 1.165) is 43.9 Å². The van der Waals surface area contributed by atoms with Crippen LogP contribution in [0.4, 0.5) is 4.79 Å². The fraction of sp³-hybridized carbons (Fsp3) is 0.512. The highest BCUT2D eigenvalue weighted by molar-refractivity contribution is 7.91. The fourth-order valence-corrected chi connectivity index (χ4v) is 9.86. The van der Waals surface area contributed by atoms with Crippen LogP contribution in [0.1, 0.15) is 83.5 Å². The quantitative estimate of drug-likeness (QED) is 0.200. The van der Waals surface area contributed by atoms with E-state index in [1.807, 2.05) is 30.4 Å². The molecule has 0 unspecified atom stereocenters. The third-order valence-corrected chi connectivity index (χ3v) is 13.7. The Morgan fingerprint density at radius 3 is 2.55 bits per heavy atom. The Hall–Kier alpha value is -5.45. The molecule has 58 heavy (non-hydrogen) atoms. The van der Waals surface area contributed by atoms with Crippen molar-refractivity contribution in [2.75, 3.05) is 6.54 Å². The molecule has 4 aromatic rings. The van der Waals surface area contributed by atoms with Crippen LogP contribution in [0.5, 0.6) is 5.88 Å². The number of nitrogens with one attached hydrogen (secondary N) is 3. The van der Waals surface area contributed by atoms with Crippen LogP contribution in [-0.4, -0.2) is 88.7 Å². The predicted octanol–water partition coefficient (Wildman–Crippen LogP) is 5.03. The first-order valence-electron chi connectivity index (χ1n) is 20.3. The van der Waals surface area contributed by atoms with Gasteiger partial charge in [0.05, 0.1) is 18.1 Å². The molecule has 3 saturated carbocycles. The highest BCUT2D eigenvalue weighted by atomic mass is 32.2. The van der Waals surface area contributed by atoms with Crippen LogP contribution in [0.15, 0.2) is 63.6 Å². The minimum Gasteiger partial charge on any atom is -0.470 e. The number of hydrogen-bond acceptors (Lipinski definition) is 12. The normalized spacial score (nSPS) is 27.0. The molecule has 9 rings (SSSR count). The van der Waals surface area contributed by atoms with E-state index in [2.05, 4.69) is 20.3 Å². The van der Waals surface area contributed by atoms with Gasteiger partial charge in [0.25, 0.3) is 11.8 Å². The smallest absolute Gasteiger partial charge is 0.408 e. The van der Waals surface area contributed by atoms with Gasteiger partial charge in [0.2, 0.25) is 27.4 Å². The molecule has 17 heteroatoms. The first kappa shape index (κ1) is 38.1. The summed E-state index contributed by atoms with van der Waals surface area (Å²) in [5.74, 6) is -1.69. The SMILES string of the molecule is O=C(N[C@H]1CCCCCC=C[C@@H]2C[C@@]2(C(=O)NS(=O)(=O)C2CC2)NC(=O)[C@@H]2C[C@@H](Oc3nc(-c4ccco4)nc4c3oc3ccccc34)CN2C1=O)OC1CCCC1. The number of allylic oxidation sites excluding steroid dienone is 1. The molecule has 1 aromatic carbocycles. The summed E-state index contributed by atoms with van der Waals surface area (Å²) in [4.78, 5) is 67.0. The monoisotopic (exact) mass is 814 g/mol. The van der Waals surface area contributed by atoms with Crippen molar-refractivity contribution in [3.63, 3.8) is 0 Å². The van der Waals surface area contributed by atoms with Gasteiger partial charge in [0.1, 0.15) is 40.9 Å². The lowest BCUT2D eigenvalue weighted by Crippen LogP contribution is -2.58.